The van der Waals surface area contributed by atoms with Crippen LogP contribution in [0.3, 0.4) is 0 Å². The van der Waals surface area contributed by atoms with Crippen LogP contribution >= 0.6 is 0 Å². The predicted molar refractivity (Wildman–Crippen MR) is 96.9 cm³/mol. The summed E-state index contributed by atoms with van der Waals surface area (Å²) in [5.41, 5.74) is 4.29. The number of likely N-dealkylation sites (N-methyl/N-ethyl adjacent to an activating group) is 1. The monoisotopic (exact) mass is 348 g/mol. The third kappa shape index (κ3) is 2.73. The van der Waals surface area contributed by atoms with E-state index in [9.17, 15) is 9.59 Å². The number of carbonyl (C=O) groups is 2. The molecule has 2 aliphatic heterocycles. The van der Waals surface area contributed by atoms with Crippen LogP contribution in [0.25, 0.3) is 0 Å². The number of nitrogens with one attached hydrogen (secondary N) is 1. The van der Waals surface area contributed by atoms with E-state index < -0.39 is 6.04 Å². The van der Waals surface area contributed by atoms with Gasteiger partial charge in [0, 0.05) is 13.2 Å². The van der Waals surface area contributed by atoms with Crippen molar-refractivity contribution in [2.75, 3.05) is 13.6 Å². The smallest absolute Gasteiger partial charge is 0.322 e. The Morgan fingerprint density at radius 1 is 1.15 bits per heavy atom. The summed E-state index contributed by atoms with van der Waals surface area (Å²) in [4.78, 5) is 33.1. The standard InChI is InChI=1S/C20H20N4O2/c1-13-6-8-14(9-7-13)18-17-16(23(2)20(26)22-18)12-24(19(17)25)11-15-5-3-4-10-21-15/h3-10,18H,11-12H2,1-2H3,(H,22,26). The zero-order chi connectivity index (χ0) is 18.3. The van der Waals surface area contributed by atoms with Crippen molar-refractivity contribution in [3.05, 3.63) is 76.8 Å². The highest BCUT2D eigenvalue weighted by Gasteiger charge is 2.42. The van der Waals surface area contributed by atoms with Gasteiger partial charge in [-0.3, -0.25) is 14.7 Å². The lowest BCUT2D eigenvalue weighted by molar-refractivity contribution is -0.126. The van der Waals surface area contributed by atoms with Crippen molar-refractivity contribution in [2.45, 2.75) is 19.5 Å². The van der Waals surface area contributed by atoms with E-state index in [0.29, 0.717) is 18.7 Å². The van der Waals surface area contributed by atoms with Crippen LogP contribution in [0, 0.1) is 6.92 Å². The maximum Gasteiger partial charge on any atom is 0.322 e. The summed E-state index contributed by atoms with van der Waals surface area (Å²) >= 11 is 0. The quantitative estimate of drug-likeness (QED) is 0.926. The molecule has 4 rings (SSSR count). The Hall–Kier alpha value is -3.15. The molecule has 6 nitrogen and oxygen atoms in total. The number of urea groups is 1. The molecule has 26 heavy (non-hydrogen) atoms. The Labute approximate surface area is 152 Å². The Bertz CT molecular complexity index is 890. The Balaban J connectivity index is 1.67. The molecular weight excluding hydrogens is 328 g/mol. The minimum atomic E-state index is -0.421. The Kier molecular flexibility index (Phi) is 3.95. The van der Waals surface area contributed by atoms with Crippen LogP contribution in [-0.4, -0.2) is 40.3 Å². The van der Waals surface area contributed by atoms with Crippen LogP contribution in [-0.2, 0) is 11.3 Å². The Morgan fingerprint density at radius 2 is 1.92 bits per heavy atom. The van der Waals surface area contributed by atoms with E-state index in [2.05, 4.69) is 10.3 Å². The number of hydrogen-bond acceptors (Lipinski definition) is 3. The van der Waals surface area contributed by atoms with Crippen LogP contribution in [0.5, 0.6) is 0 Å². The SMILES string of the molecule is Cc1ccc(C2NC(=O)N(C)C3=C2C(=O)N(Cc2ccccn2)C3)cc1. The van der Waals surface area contributed by atoms with Gasteiger partial charge in [0.25, 0.3) is 5.91 Å². The summed E-state index contributed by atoms with van der Waals surface area (Å²) in [5.74, 6) is -0.0527. The van der Waals surface area contributed by atoms with Gasteiger partial charge in [0.05, 0.1) is 36.1 Å². The molecule has 3 heterocycles. The molecular formula is C20H20N4O2. The second-order valence-electron chi connectivity index (χ2n) is 6.69. The number of amides is 3. The van der Waals surface area contributed by atoms with Crippen LogP contribution in [0.4, 0.5) is 4.79 Å². The van der Waals surface area contributed by atoms with Crippen molar-refractivity contribution in [3.8, 4) is 0 Å². The highest BCUT2D eigenvalue weighted by atomic mass is 16.2. The first-order valence-corrected chi connectivity index (χ1v) is 8.57. The van der Waals surface area contributed by atoms with Crippen LogP contribution < -0.4 is 5.32 Å². The normalized spacial score (nSPS) is 19.7. The van der Waals surface area contributed by atoms with Crippen LogP contribution in [0.1, 0.15) is 22.9 Å². The van der Waals surface area contributed by atoms with Gasteiger partial charge < -0.3 is 10.2 Å². The molecule has 1 aromatic heterocycles. The van der Waals surface area contributed by atoms with Gasteiger partial charge in [-0.25, -0.2) is 4.79 Å². The maximum atomic E-state index is 13.1. The Morgan fingerprint density at radius 3 is 2.62 bits per heavy atom. The van der Waals surface area contributed by atoms with E-state index in [1.807, 2.05) is 49.4 Å². The molecule has 0 bridgehead atoms. The van der Waals surface area contributed by atoms with Crippen molar-refractivity contribution >= 4 is 11.9 Å². The minimum absolute atomic E-state index is 0.0527. The van der Waals surface area contributed by atoms with Gasteiger partial charge in [-0.2, -0.15) is 0 Å². The third-order valence-corrected chi connectivity index (χ3v) is 4.92. The van der Waals surface area contributed by atoms with Crippen molar-refractivity contribution in [1.82, 2.24) is 20.1 Å². The summed E-state index contributed by atoms with van der Waals surface area (Å²) in [6.45, 7) is 2.85. The molecule has 132 valence electrons. The molecule has 1 atom stereocenters. The molecule has 1 N–H and O–H groups in total. The van der Waals surface area contributed by atoms with E-state index >= 15 is 0 Å². The summed E-state index contributed by atoms with van der Waals surface area (Å²) in [6.07, 6.45) is 1.72. The second-order valence-corrected chi connectivity index (χ2v) is 6.69. The van der Waals surface area contributed by atoms with Gasteiger partial charge in [-0.1, -0.05) is 35.9 Å². The molecule has 6 heteroatoms. The van der Waals surface area contributed by atoms with Crippen molar-refractivity contribution < 1.29 is 9.59 Å². The minimum Gasteiger partial charge on any atom is -0.327 e. The van der Waals surface area contributed by atoms with Crippen molar-refractivity contribution in [2.24, 2.45) is 0 Å². The van der Waals surface area contributed by atoms with E-state index in [-0.39, 0.29) is 11.9 Å². The fourth-order valence-corrected chi connectivity index (χ4v) is 3.45. The number of carbonyl (C=O) groups excluding carboxylic acids is 2. The van der Waals surface area contributed by atoms with E-state index in [4.69, 9.17) is 0 Å². The van der Waals surface area contributed by atoms with Gasteiger partial charge >= 0.3 is 6.03 Å². The highest BCUT2D eigenvalue weighted by Crippen LogP contribution is 2.36. The van der Waals surface area contributed by atoms with Crippen LogP contribution in [0.2, 0.25) is 0 Å². The first-order chi connectivity index (χ1) is 12.5. The summed E-state index contributed by atoms with van der Waals surface area (Å²) in [6, 6.07) is 12.9. The molecule has 2 aromatic rings. The zero-order valence-corrected chi connectivity index (χ0v) is 14.8. The predicted octanol–water partition coefficient (Wildman–Crippen LogP) is 2.38. The van der Waals surface area contributed by atoms with Gasteiger partial charge in [-0.05, 0) is 24.6 Å². The average molecular weight is 348 g/mol. The summed E-state index contributed by atoms with van der Waals surface area (Å²) in [5, 5.41) is 2.95. The molecule has 0 saturated carbocycles. The lowest BCUT2D eigenvalue weighted by Gasteiger charge is -2.31. The fourth-order valence-electron chi connectivity index (χ4n) is 3.45. The topological polar surface area (TPSA) is 65.5 Å². The number of aromatic nitrogens is 1. The van der Waals surface area contributed by atoms with Gasteiger partial charge in [-0.15, -0.1) is 0 Å². The first-order valence-electron chi connectivity index (χ1n) is 8.57. The fraction of sp³-hybridized carbons (Fsp3) is 0.250. The van der Waals surface area contributed by atoms with Gasteiger partial charge in [0.15, 0.2) is 0 Å². The molecule has 0 aliphatic carbocycles. The van der Waals surface area contributed by atoms with E-state index in [1.54, 1.807) is 18.1 Å². The number of hydrogen-bond donors (Lipinski definition) is 1. The molecule has 3 amide bonds. The number of aryl methyl sites for hydroxylation is 1. The molecule has 2 aliphatic rings. The van der Waals surface area contributed by atoms with Crippen molar-refractivity contribution in [3.63, 3.8) is 0 Å². The molecule has 1 unspecified atom stereocenters. The largest absolute Gasteiger partial charge is 0.327 e. The average Bonchev–Trinajstić information content (AvgIpc) is 2.97. The number of rotatable bonds is 3. The number of nitrogens with zero attached hydrogens (tertiary/aromatic N) is 3. The third-order valence-electron chi connectivity index (χ3n) is 4.92. The lowest BCUT2D eigenvalue weighted by atomic mass is 9.95. The van der Waals surface area contributed by atoms with Crippen molar-refractivity contribution in [1.29, 1.82) is 0 Å². The zero-order valence-electron chi connectivity index (χ0n) is 14.8. The highest BCUT2D eigenvalue weighted by molar-refractivity contribution is 6.01. The molecule has 1 aromatic carbocycles. The van der Waals surface area contributed by atoms with Crippen LogP contribution in [0.15, 0.2) is 59.9 Å². The second kappa shape index (κ2) is 6.29. The summed E-state index contributed by atoms with van der Waals surface area (Å²) in [7, 11) is 1.70. The maximum absolute atomic E-state index is 13.1. The summed E-state index contributed by atoms with van der Waals surface area (Å²) < 4.78 is 0. The molecule has 0 saturated heterocycles. The number of benzene rings is 1. The first kappa shape index (κ1) is 16.3. The van der Waals surface area contributed by atoms with Gasteiger partial charge in [0.2, 0.25) is 0 Å². The number of pyridine rings is 1. The van der Waals surface area contributed by atoms with E-state index in [0.717, 1.165) is 22.5 Å². The lowest BCUT2D eigenvalue weighted by Crippen LogP contribution is -2.45. The molecule has 0 spiro atoms. The van der Waals surface area contributed by atoms with E-state index in [1.165, 1.54) is 4.90 Å². The van der Waals surface area contributed by atoms with Gasteiger partial charge in [0.1, 0.15) is 0 Å². The molecule has 0 radical (unpaired) electrons. The molecule has 0 fully saturated rings.